The zero-order valence-corrected chi connectivity index (χ0v) is 28.5. The predicted octanol–water partition coefficient (Wildman–Crippen LogP) is 10.1. The van der Waals surface area contributed by atoms with Crippen LogP contribution in [0.15, 0.2) is 107 Å². The molecule has 0 heterocycles. The standard InChI is InChI=1S/C40H56O3/c1-30(18-13-20-32(3)22-24-35(42)39(9)27-15-26-37(39,5)6)16-11-12-17-31(2)19-14-21-33(4)23-25-36(43)40(10)29-34(41)28-38(40,7)8/h11-14,16-25,34,41H,15,26-29H2,1-10H3. The van der Waals surface area contributed by atoms with Crippen molar-refractivity contribution in [1.29, 1.82) is 0 Å². The fraction of sp³-hybridized carbons (Fsp3) is 0.500. The average Bonchev–Trinajstić information content (AvgIpc) is 3.32. The number of aliphatic hydroxyl groups is 1. The second-order valence-electron chi connectivity index (χ2n) is 14.5. The van der Waals surface area contributed by atoms with Crippen LogP contribution in [0.4, 0.5) is 0 Å². The second-order valence-corrected chi connectivity index (χ2v) is 14.5. The third kappa shape index (κ3) is 9.73. The van der Waals surface area contributed by atoms with Crippen LogP contribution in [0.2, 0.25) is 0 Å². The van der Waals surface area contributed by atoms with Gasteiger partial charge in [0.25, 0.3) is 0 Å². The molecule has 0 aliphatic heterocycles. The van der Waals surface area contributed by atoms with Gasteiger partial charge in [0, 0.05) is 10.8 Å². The molecule has 0 bridgehead atoms. The van der Waals surface area contributed by atoms with Gasteiger partial charge in [-0.2, -0.15) is 0 Å². The number of rotatable bonds is 12. The lowest BCUT2D eigenvalue weighted by molar-refractivity contribution is -0.128. The molecule has 0 amide bonds. The van der Waals surface area contributed by atoms with Gasteiger partial charge in [-0.15, -0.1) is 0 Å². The van der Waals surface area contributed by atoms with Gasteiger partial charge in [-0.3, -0.25) is 9.59 Å². The van der Waals surface area contributed by atoms with Gasteiger partial charge < -0.3 is 5.11 Å². The molecule has 0 radical (unpaired) electrons. The minimum atomic E-state index is -0.535. The van der Waals surface area contributed by atoms with Crippen molar-refractivity contribution in [3.8, 4) is 0 Å². The fourth-order valence-corrected chi connectivity index (χ4v) is 6.15. The van der Waals surface area contributed by atoms with E-state index in [1.54, 1.807) is 12.2 Å². The lowest BCUT2D eigenvalue weighted by Crippen LogP contribution is -2.36. The van der Waals surface area contributed by atoms with Crippen molar-refractivity contribution in [3.63, 3.8) is 0 Å². The molecular formula is C40H56O3. The minimum absolute atomic E-state index is 0.0552. The summed E-state index contributed by atoms with van der Waals surface area (Å²) in [5, 5.41) is 10.1. The van der Waals surface area contributed by atoms with Crippen LogP contribution in [0.25, 0.3) is 0 Å². The maximum Gasteiger partial charge on any atom is 0.162 e. The van der Waals surface area contributed by atoms with Crippen molar-refractivity contribution >= 4 is 11.6 Å². The maximum atomic E-state index is 12.9. The highest BCUT2D eigenvalue weighted by Crippen LogP contribution is 2.54. The summed E-state index contributed by atoms with van der Waals surface area (Å²) in [6.45, 7) is 20.8. The Kier molecular flexibility index (Phi) is 12.7. The highest BCUT2D eigenvalue weighted by molar-refractivity contribution is 5.96. The van der Waals surface area contributed by atoms with E-state index in [2.05, 4.69) is 59.8 Å². The van der Waals surface area contributed by atoms with Crippen molar-refractivity contribution < 1.29 is 14.7 Å². The second kappa shape index (κ2) is 15.1. The quantitative estimate of drug-likeness (QED) is 0.183. The lowest BCUT2D eigenvalue weighted by Gasteiger charge is -2.36. The molecule has 2 aliphatic carbocycles. The fourth-order valence-electron chi connectivity index (χ4n) is 6.15. The van der Waals surface area contributed by atoms with Crippen LogP contribution in [-0.2, 0) is 9.59 Å². The first-order valence-electron chi connectivity index (χ1n) is 15.8. The molecule has 0 spiro atoms. The third-order valence-electron chi connectivity index (χ3n) is 10.2. The van der Waals surface area contributed by atoms with Crippen LogP contribution in [0.5, 0.6) is 0 Å². The van der Waals surface area contributed by atoms with Crippen LogP contribution >= 0.6 is 0 Å². The Balaban J connectivity index is 1.86. The first-order valence-corrected chi connectivity index (χ1v) is 15.8. The van der Waals surface area contributed by atoms with E-state index >= 15 is 0 Å². The number of hydrogen-bond acceptors (Lipinski definition) is 3. The Labute approximate surface area is 262 Å². The Morgan fingerprint density at radius 3 is 1.35 bits per heavy atom. The zero-order chi connectivity index (χ0) is 32.5. The molecule has 1 N–H and O–H groups in total. The van der Waals surface area contributed by atoms with Gasteiger partial charge >= 0.3 is 0 Å². The number of carbonyl (C=O) groups excluding carboxylic acids is 2. The zero-order valence-electron chi connectivity index (χ0n) is 28.5. The van der Waals surface area contributed by atoms with E-state index in [1.807, 2.05) is 82.4 Å². The summed E-state index contributed by atoms with van der Waals surface area (Å²) >= 11 is 0. The number of aliphatic hydroxyl groups excluding tert-OH is 1. The van der Waals surface area contributed by atoms with Gasteiger partial charge in [-0.05, 0) is 76.4 Å². The van der Waals surface area contributed by atoms with E-state index in [4.69, 9.17) is 0 Å². The van der Waals surface area contributed by atoms with Crippen molar-refractivity contribution in [2.45, 2.75) is 107 Å². The molecule has 3 heteroatoms. The summed E-state index contributed by atoms with van der Waals surface area (Å²) in [6.07, 6.45) is 31.5. The summed E-state index contributed by atoms with van der Waals surface area (Å²) < 4.78 is 0. The van der Waals surface area contributed by atoms with E-state index in [1.165, 1.54) is 0 Å². The summed E-state index contributed by atoms with van der Waals surface area (Å²) in [4.78, 5) is 25.8. The average molecular weight is 585 g/mol. The molecule has 2 rings (SSSR count). The Morgan fingerprint density at radius 1 is 0.535 bits per heavy atom. The SMILES string of the molecule is CC(C=CC=C(C)C=CC(=O)C1(C)CCCC1(C)C)=CC=CC=C(C)C=CC=C(C)C=CC(=O)C1(C)CC(O)CC1(C)C. The molecule has 0 saturated heterocycles. The topological polar surface area (TPSA) is 54.4 Å². The molecule has 3 unspecified atom stereocenters. The Morgan fingerprint density at radius 2 is 0.953 bits per heavy atom. The van der Waals surface area contributed by atoms with Crippen LogP contribution in [-0.4, -0.2) is 22.8 Å². The predicted molar refractivity (Wildman–Crippen MR) is 184 cm³/mol. The van der Waals surface area contributed by atoms with Crippen molar-refractivity contribution in [2.75, 3.05) is 0 Å². The summed E-state index contributed by atoms with van der Waals surface area (Å²) in [6, 6.07) is 0. The molecule has 0 aromatic carbocycles. The summed E-state index contributed by atoms with van der Waals surface area (Å²) in [5.41, 5.74) is 3.34. The Bertz CT molecular complexity index is 1300. The summed E-state index contributed by atoms with van der Waals surface area (Å²) in [5.74, 6) is 0.318. The van der Waals surface area contributed by atoms with Gasteiger partial charge in [0.15, 0.2) is 11.6 Å². The van der Waals surface area contributed by atoms with Gasteiger partial charge in [-0.25, -0.2) is 0 Å². The third-order valence-corrected chi connectivity index (χ3v) is 10.2. The largest absolute Gasteiger partial charge is 0.393 e. The Hall–Kier alpha value is -3.04. The lowest BCUT2D eigenvalue weighted by atomic mass is 9.66. The molecule has 234 valence electrons. The van der Waals surface area contributed by atoms with E-state index in [0.717, 1.165) is 41.6 Å². The molecule has 3 nitrogen and oxygen atoms in total. The van der Waals surface area contributed by atoms with Crippen LogP contribution < -0.4 is 0 Å². The first-order chi connectivity index (χ1) is 19.9. The molecule has 2 fully saturated rings. The van der Waals surface area contributed by atoms with Crippen molar-refractivity contribution in [2.24, 2.45) is 21.7 Å². The maximum absolute atomic E-state index is 12.9. The molecular weight excluding hydrogens is 528 g/mol. The molecule has 2 saturated carbocycles. The molecule has 43 heavy (non-hydrogen) atoms. The van der Waals surface area contributed by atoms with Gasteiger partial charge in [-0.1, -0.05) is 143 Å². The van der Waals surface area contributed by atoms with E-state index < -0.39 is 11.5 Å². The van der Waals surface area contributed by atoms with E-state index in [0.29, 0.717) is 12.8 Å². The number of ketones is 2. The molecule has 0 aromatic rings. The highest BCUT2D eigenvalue weighted by Gasteiger charge is 2.53. The van der Waals surface area contributed by atoms with E-state index in [9.17, 15) is 14.7 Å². The smallest absolute Gasteiger partial charge is 0.162 e. The summed E-state index contributed by atoms with van der Waals surface area (Å²) in [7, 11) is 0. The monoisotopic (exact) mass is 584 g/mol. The highest BCUT2D eigenvalue weighted by atomic mass is 16.3. The van der Waals surface area contributed by atoms with Crippen molar-refractivity contribution in [3.05, 3.63) is 107 Å². The van der Waals surface area contributed by atoms with Crippen LogP contribution in [0.1, 0.15) is 101 Å². The minimum Gasteiger partial charge on any atom is -0.393 e. The molecule has 2 aliphatic rings. The first kappa shape index (κ1) is 36.2. The van der Waals surface area contributed by atoms with Gasteiger partial charge in [0.05, 0.1) is 6.10 Å². The normalized spacial score (nSPS) is 29.0. The van der Waals surface area contributed by atoms with E-state index in [-0.39, 0.29) is 27.8 Å². The molecule has 3 atom stereocenters. The molecule has 0 aromatic heterocycles. The number of carbonyl (C=O) groups is 2. The van der Waals surface area contributed by atoms with Crippen LogP contribution in [0.3, 0.4) is 0 Å². The van der Waals surface area contributed by atoms with Crippen LogP contribution in [0, 0.1) is 21.7 Å². The number of hydrogen-bond donors (Lipinski definition) is 1. The van der Waals surface area contributed by atoms with Gasteiger partial charge in [0.1, 0.15) is 0 Å². The van der Waals surface area contributed by atoms with Crippen molar-refractivity contribution in [1.82, 2.24) is 0 Å². The number of allylic oxidation sites excluding steroid dienone is 18. The van der Waals surface area contributed by atoms with Gasteiger partial charge in [0.2, 0.25) is 0 Å².